The van der Waals surface area contributed by atoms with Gasteiger partial charge >= 0.3 is 0 Å². The van der Waals surface area contributed by atoms with Crippen molar-refractivity contribution >= 4 is 5.82 Å². The van der Waals surface area contributed by atoms with E-state index in [4.69, 9.17) is 5.73 Å². The van der Waals surface area contributed by atoms with Gasteiger partial charge in [-0.3, -0.25) is 9.67 Å². The molecule has 6 nitrogen and oxygen atoms in total. The molecule has 0 radical (unpaired) electrons. The second-order valence-electron chi connectivity index (χ2n) is 4.04. The molecule has 3 aromatic heterocycles. The minimum Gasteiger partial charge on any atom is -0.383 e. The zero-order chi connectivity index (χ0) is 13.2. The van der Waals surface area contributed by atoms with E-state index in [1.54, 1.807) is 42.6 Å². The van der Waals surface area contributed by atoms with E-state index in [0.29, 0.717) is 17.3 Å². The van der Waals surface area contributed by atoms with E-state index in [-0.39, 0.29) is 0 Å². The molecule has 0 amide bonds. The highest BCUT2D eigenvalue weighted by Crippen LogP contribution is 2.33. The summed E-state index contributed by atoms with van der Waals surface area (Å²) in [5, 5.41) is 4.40. The number of pyridine rings is 1. The quantitative estimate of drug-likeness (QED) is 0.747. The Bertz CT molecular complexity index is 690. The van der Waals surface area contributed by atoms with Crippen molar-refractivity contribution in [3.63, 3.8) is 0 Å². The molecule has 3 aromatic rings. The predicted octanol–water partition coefficient (Wildman–Crippen LogP) is 1.52. The molecular weight excluding hydrogens is 240 g/mol. The van der Waals surface area contributed by atoms with Gasteiger partial charge in [0.25, 0.3) is 0 Å². The summed E-state index contributed by atoms with van der Waals surface area (Å²) in [6.45, 7) is 0. The summed E-state index contributed by atoms with van der Waals surface area (Å²) in [6.07, 6.45) is 6.81. The molecule has 0 aliphatic rings. The summed E-state index contributed by atoms with van der Waals surface area (Å²) in [5.74, 6) is 1.13. The van der Waals surface area contributed by atoms with Crippen LogP contribution in [-0.4, -0.2) is 24.7 Å². The lowest BCUT2D eigenvalue weighted by Gasteiger charge is -2.02. The number of hydrogen-bond acceptors (Lipinski definition) is 5. The summed E-state index contributed by atoms with van der Waals surface area (Å²) in [7, 11) is 1.80. The minimum absolute atomic E-state index is 0.557. The molecule has 94 valence electrons. The van der Waals surface area contributed by atoms with Gasteiger partial charge in [-0.15, -0.1) is 0 Å². The van der Waals surface area contributed by atoms with Gasteiger partial charge in [0.2, 0.25) is 0 Å². The van der Waals surface area contributed by atoms with E-state index in [2.05, 4.69) is 20.1 Å². The zero-order valence-electron chi connectivity index (χ0n) is 10.4. The lowest BCUT2D eigenvalue weighted by atomic mass is 10.1. The second kappa shape index (κ2) is 4.49. The van der Waals surface area contributed by atoms with Crippen LogP contribution in [0.4, 0.5) is 5.82 Å². The van der Waals surface area contributed by atoms with Gasteiger partial charge in [-0.25, -0.2) is 9.97 Å². The lowest BCUT2D eigenvalue weighted by Crippen LogP contribution is -1.98. The number of nitrogens with two attached hydrogens (primary N) is 1. The Balaban J connectivity index is 2.25. The SMILES string of the molecule is Cn1nc(-c2ncccn2)c(-c2ccncc2)c1N. The lowest BCUT2D eigenvalue weighted by molar-refractivity contribution is 0.780. The van der Waals surface area contributed by atoms with E-state index in [9.17, 15) is 0 Å². The third kappa shape index (κ3) is 1.93. The second-order valence-corrected chi connectivity index (χ2v) is 4.04. The highest BCUT2D eigenvalue weighted by molar-refractivity contribution is 5.85. The van der Waals surface area contributed by atoms with Crippen molar-refractivity contribution in [2.24, 2.45) is 7.05 Å². The Kier molecular flexibility index (Phi) is 2.68. The molecule has 2 N–H and O–H groups in total. The van der Waals surface area contributed by atoms with Crippen molar-refractivity contribution < 1.29 is 0 Å². The first-order valence-corrected chi connectivity index (χ1v) is 5.77. The van der Waals surface area contributed by atoms with Crippen LogP contribution in [0.3, 0.4) is 0 Å². The van der Waals surface area contributed by atoms with Gasteiger partial charge in [-0.2, -0.15) is 5.10 Å². The van der Waals surface area contributed by atoms with E-state index in [1.165, 1.54) is 0 Å². The number of hydrogen-bond donors (Lipinski definition) is 1. The van der Waals surface area contributed by atoms with Crippen molar-refractivity contribution in [2.45, 2.75) is 0 Å². The number of nitrogens with zero attached hydrogens (tertiary/aromatic N) is 5. The summed E-state index contributed by atoms with van der Waals surface area (Å²) < 4.78 is 1.63. The van der Waals surface area contributed by atoms with Crippen molar-refractivity contribution in [3.8, 4) is 22.6 Å². The Hall–Kier alpha value is -2.76. The number of nitrogen functional groups attached to an aromatic ring is 1. The van der Waals surface area contributed by atoms with Gasteiger partial charge in [0, 0.05) is 31.8 Å². The number of aryl methyl sites for hydroxylation is 1. The maximum Gasteiger partial charge on any atom is 0.180 e. The molecule has 0 aliphatic heterocycles. The molecule has 3 heterocycles. The van der Waals surface area contributed by atoms with E-state index in [1.807, 2.05) is 12.1 Å². The first-order valence-electron chi connectivity index (χ1n) is 5.77. The van der Waals surface area contributed by atoms with Crippen LogP contribution in [0, 0.1) is 0 Å². The molecule has 0 saturated heterocycles. The van der Waals surface area contributed by atoms with Gasteiger partial charge in [0.05, 0.1) is 5.56 Å². The molecule has 19 heavy (non-hydrogen) atoms. The van der Waals surface area contributed by atoms with Crippen molar-refractivity contribution in [1.82, 2.24) is 24.7 Å². The summed E-state index contributed by atoms with van der Waals surface area (Å²) in [5.41, 5.74) is 8.55. The van der Waals surface area contributed by atoms with Gasteiger partial charge in [0.1, 0.15) is 11.5 Å². The monoisotopic (exact) mass is 252 g/mol. The minimum atomic E-state index is 0.557. The fourth-order valence-electron chi connectivity index (χ4n) is 1.92. The van der Waals surface area contributed by atoms with Crippen LogP contribution in [-0.2, 0) is 7.05 Å². The van der Waals surface area contributed by atoms with Crippen molar-refractivity contribution in [1.29, 1.82) is 0 Å². The molecule has 0 unspecified atom stereocenters. The van der Waals surface area contributed by atoms with Crippen LogP contribution in [0.1, 0.15) is 0 Å². The van der Waals surface area contributed by atoms with Crippen molar-refractivity contribution in [3.05, 3.63) is 43.0 Å². The first kappa shape index (κ1) is 11.3. The van der Waals surface area contributed by atoms with Gasteiger partial charge < -0.3 is 5.73 Å². The Labute approximate surface area is 110 Å². The van der Waals surface area contributed by atoms with Gasteiger partial charge in [0.15, 0.2) is 5.82 Å². The molecule has 3 rings (SSSR count). The van der Waals surface area contributed by atoms with Crippen LogP contribution in [0.25, 0.3) is 22.6 Å². The van der Waals surface area contributed by atoms with Gasteiger partial charge in [-0.1, -0.05) is 0 Å². The average molecular weight is 252 g/mol. The maximum absolute atomic E-state index is 6.10. The van der Waals surface area contributed by atoms with Crippen molar-refractivity contribution in [2.75, 3.05) is 5.73 Å². The van der Waals surface area contributed by atoms with Gasteiger partial charge in [-0.05, 0) is 23.8 Å². The Morgan fingerprint density at radius 2 is 1.74 bits per heavy atom. The maximum atomic E-state index is 6.10. The topological polar surface area (TPSA) is 82.5 Å². The molecule has 0 aliphatic carbocycles. The highest BCUT2D eigenvalue weighted by Gasteiger charge is 2.18. The highest BCUT2D eigenvalue weighted by atomic mass is 15.3. The molecule has 0 fully saturated rings. The average Bonchev–Trinajstić information content (AvgIpc) is 2.77. The van der Waals surface area contributed by atoms with Crippen LogP contribution >= 0.6 is 0 Å². The Morgan fingerprint density at radius 3 is 2.42 bits per heavy atom. The molecule has 0 aromatic carbocycles. The number of anilines is 1. The predicted molar refractivity (Wildman–Crippen MR) is 71.9 cm³/mol. The third-order valence-corrected chi connectivity index (χ3v) is 2.84. The molecular formula is C13H12N6. The molecule has 0 bridgehead atoms. The summed E-state index contributed by atoms with van der Waals surface area (Å²) in [6, 6.07) is 5.54. The number of rotatable bonds is 2. The standard InChI is InChI=1S/C13H12N6/c1-19-12(14)10(9-3-7-15-8-4-9)11(18-19)13-16-5-2-6-17-13/h2-8H,14H2,1H3. The largest absolute Gasteiger partial charge is 0.383 e. The molecule has 0 saturated carbocycles. The van der Waals surface area contributed by atoms with Crippen LogP contribution < -0.4 is 5.73 Å². The summed E-state index contributed by atoms with van der Waals surface area (Å²) in [4.78, 5) is 12.5. The van der Waals surface area contributed by atoms with E-state index < -0.39 is 0 Å². The third-order valence-electron chi connectivity index (χ3n) is 2.84. The summed E-state index contributed by atoms with van der Waals surface area (Å²) >= 11 is 0. The van der Waals surface area contributed by atoms with E-state index in [0.717, 1.165) is 11.1 Å². The fourth-order valence-corrected chi connectivity index (χ4v) is 1.92. The van der Waals surface area contributed by atoms with Crippen LogP contribution in [0.5, 0.6) is 0 Å². The Morgan fingerprint density at radius 1 is 1.05 bits per heavy atom. The number of aromatic nitrogens is 5. The first-order chi connectivity index (χ1) is 9.27. The fraction of sp³-hybridized carbons (Fsp3) is 0.0769. The normalized spacial score (nSPS) is 10.6. The zero-order valence-corrected chi connectivity index (χ0v) is 10.4. The van der Waals surface area contributed by atoms with Crippen LogP contribution in [0.2, 0.25) is 0 Å². The molecule has 0 atom stereocenters. The van der Waals surface area contributed by atoms with Crippen LogP contribution in [0.15, 0.2) is 43.0 Å². The smallest absolute Gasteiger partial charge is 0.180 e. The van der Waals surface area contributed by atoms with E-state index >= 15 is 0 Å². The molecule has 6 heteroatoms. The molecule has 0 spiro atoms.